The molecule has 1 heterocycles. The van der Waals surface area contributed by atoms with Crippen molar-refractivity contribution in [2.45, 2.75) is 26.2 Å². The fraction of sp³-hybridized carbons (Fsp3) is 0.353. The number of amides is 1. The minimum absolute atomic E-state index is 0.000803. The number of carbonyl (C=O) groups is 2. The molecule has 24 heavy (non-hydrogen) atoms. The molecule has 0 aliphatic rings. The van der Waals surface area contributed by atoms with Crippen molar-refractivity contribution < 1.29 is 23.8 Å². The summed E-state index contributed by atoms with van der Waals surface area (Å²) in [6, 6.07) is 4.77. The number of carboxylic acid groups (broad SMARTS) is 1. The van der Waals surface area contributed by atoms with Gasteiger partial charge in [0.25, 0.3) is 0 Å². The van der Waals surface area contributed by atoms with Crippen LogP contribution in [0.5, 0.6) is 5.75 Å². The molecule has 7 nitrogen and oxygen atoms in total. The second kappa shape index (κ2) is 7.63. The summed E-state index contributed by atoms with van der Waals surface area (Å²) in [6.07, 6.45) is 0.179. The first-order valence-electron chi connectivity index (χ1n) is 7.49. The van der Waals surface area contributed by atoms with Crippen LogP contribution in [0.3, 0.4) is 0 Å². The van der Waals surface area contributed by atoms with Gasteiger partial charge in [-0.05, 0) is 37.5 Å². The van der Waals surface area contributed by atoms with Crippen molar-refractivity contribution in [1.29, 1.82) is 0 Å². The van der Waals surface area contributed by atoms with E-state index in [-0.39, 0.29) is 25.3 Å². The van der Waals surface area contributed by atoms with Crippen LogP contribution < -0.4 is 20.8 Å². The van der Waals surface area contributed by atoms with E-state index in [1.165, 1.54) is 13.2 Å². The number of aryl methyl sites for hydroxylation is 1. The van der Waals surface area contributed by atoms with Gasteiger partial charge in [0.2, 0.25) is 5.91 Å². The first kappa shape index (κ1) is 17.5. The average molecular weight is 332 g/mol. The summed E-state index contributed by atoms with van der Waals surface area (Å²) in [6.45, 7) is 2.01. The first-order valence-corrected chi connectivity index (χ1v) is 7.49. The van der Waals surface area contributed by atoms with Crippen LogP contribution >= 0.6 is 0 Å². The number of hydrogen-bond donors (Lipinski definition) is 1. The summed E-state index contributed by atoms with van der Waals surface area (Å²) in [5.41, 5.74) is 1.08. The lowest BCUT2D eigenvalue weighted by Gasteiger charge is -2.10. The topological polar surface area (TPSA) is 109 Å². The molecule has 7 heteroatoms. The molecule has 0 bridgehead atoms. The zero-order valence-corrected chi connectivity index (χ0v) is 13.5. The lowest BCUT2D eigenvalue weighted by molar-refractivity contribution is -0.305. The molecule has 0 spiro atoms. The van der Waals surface area contributed by atoms with Gasteiger partial charge in [-0.25, -0.2) is 4.79 Å². The number of nitrogens with one attached hydrogen (secondary N) is 1. The predicted molar refractivity (Wildman–Crippen MR) is 84.7 cm³/mol. The first-order chi connectivity index (χ1) is 11.4. The van der Waals surface area contributed by atoms with Gasteiger partial charge in [-0.1, -0.05) is 0 Å². The van der Waals surface area contributed by atoms with Crippen molar-refractivity contribution >= 4 is 22.8 Å². The third-order valence-electron chi connectivity index (χ3n) is 3.65. The fourth-order valence-corrected chi connectivity index (χ4v) is 2.47. The molecule has 1 N–H and O–H groups in total. The minimum Gasteiger partial charge on any atom is -0.550 e. The fourth-order valence-electron chi connectivity index (χ4n) is 2.47. The summed E-state index contributed by atoms with van der Waals surface area (Å²) in [4.78, 5) is 34.1. The van der Waals surface area contributed by atoms with E-state index in [4.69, 9.17) is 9.15 Å². The molecule has 0 unspecified atom stereocenters. The molecule has 0 saturated carbocycles. The van der Waals surface area contributed by atoms with E-state index in [9.17, 15) is 19.5 Å². The van der Waals surface area contributed by atoms with Gasteiger partial charge in [-0.2, -0.15) is 0 Å². The largest absolute Gasteiger partial charge is 0.550 e. The number of fused-ring (bicyclic) bond motifs is 1. The Hall–Kier alpha value is -2.83. The third kappa shape index (κ3) is 4.13. The van der Waals surface area contributed by atoms with Crippen molar-refractivity contribution in [2.75, 3.05) is 13.7 Å². The Morgan fingerprint density at radius 3 is 2.75 bits per heavy atom. The monoisotopic (exact) mass is 332 g/mol. The molecule has 0 radical (unpaired) electrons. The second-order valence-electron chi connectivity index (χ2n) is 5.36. The third-order valence-corrected chi connectivity index (χ3v) is 3.65. The Morgan fingerprint density at radius 2 is 2.08 bits per heavy atom. The van der Waals surface area contributed by atoms with Crippen molar-refractivity contribution in [1.82, 2.24) is 5.32 Å². The van der Waals surface area contributed by atoms with Crippen LogP contribution in [0.1, 0.15) is 24.0 Å². The molecule has 0 atom stereocenters. The number of hydrogen-bond acceptors (Lipinski definition) is 6. The molecule has 128 valence electrons. The average Bonchev–Trinajstić information content (AvgIpc) is 2.52. The Bertz CT molecular complexity index is 824. The summed E-state index contributed by atoms with van der Waals surface area (Å²) in [7, 11) is 1.52. The van der Waals surface area contributed by atoms with Crippen molar-refractivity contribution in [2.24, 2.45) is 0 Å². The van der Waals surface area contributed by atoms with E-state index in [0.717, 1.165) is 0 Å². The van der Waals surface area contributed by atoms with Gasteiger partial charge in [0.05, 0.1) is 13.5 Å². The maximum Gasteiger partial charge on any atom is 0.336 e. The van der Waals surface area contributed by atoms with Gasteiger partial charge < -0.3 is 24.4 Å². The zero-order valence-electron chi connectivity index (χ0n) is 13.5. The molecular weight excluding hydrogens is 314 g/mol. The van der Waals surface area contributed by atoms with Crippen molar-refractivity contribution in [3.05, 3.63) is 39.7 Å². The lowest BCUT2D eigenvalue weighted by atomic mass is 10.0. The molecule has 2 rings (SSSR count). The van der Waals surface area contributed by atoms with E-state index in [1.54, 1.807) is 19.1 Å². The highest BCUT2D eigenvalue weighted by atomic mass is 16.5. The SMILES string of the molecule is COc1ccc2c(CC(=O)NCCCC(=O)[O-])cc(=O)oc2c1C. The van der Waals surface area contributed by atoms with E-state index in [2.05, 4.69) is 5.32 Å². The molecule has 1 aromatic carbocycles. The molecule has 1 amide bonds. The maximum absolute atomic E-state index is 12.0. The summed E-state index contributed by atoms with van der Waals surface area (Å²) >= 11 is 0. The lowest BCUT2D eigenvalue weighted by Crippen LogP contribution is -2.28. The number of methoxy groups -OCH3 is 1. The van der Waals surface area contributed by atoms with Gasteiger partial charge >= 0.3 is 5.63 Å². The normalized spacial score (nSPS) is 10.6. The van der Waals surface area contributed by atoms with Crippen LogP contribution in [0.4, 0.5) is 0 Å². The number of rotatable bonds is 7. The van der Waals surface area contributed by atoms with Gasteiger partial charge in [-0.15, -0.1) is 0 Å². The van der Waals surface area contributed by atoms with Crippen molar-refractivity contribution in [3.8, 4) is 5.75 Å². The van der Waals surface area contributed by atoms with Gasteiger partial charge in [-0.3, -0.25) is 4.79 Å². The Kier molecular flexibility index (Phi) is 5.57. The van der Waals surface area contributed by atoms with Crippen molar-refractivity contribution in [3.63, 3.8) is 0 Å². The molecule has 0 aliphatic heterocycles. The number of aliphatic carboxylic acids is 1. The number of ether oxygens (including phenoxy) is 1. The standard InChI is InChI=1S/C17H19NO6/c1-10-13(23-2)6-5-12-11(9-16(22)24-17(10)12)8-14(19)18-7-3-4-15(20)21/h5-6,9H,3-4,7-8H2,1-2H3,(H,18,19)(H,20,21)/p-1. The van der Waals surface area contributed by atoms with Gasteiger partial charge in [0, 0.05) is 29.5 Å². The predicted octanol–water partition coefficient (Wildman–Crippen LogP) is 0.299. The molecular formula is C17H18NO6-. The highest BCUT2D eigenvalue weighted by molar-refractivity contribution is 5.89. The number of carboxylic acids is 1. The molecule has 0 saturated heterocycles. The highest BCUT2D eigenvalue weighted by Gasteiger charge is 2.13. The van der Waals surface area contributed by atoms with E-state index < -0.39 is 11.6 Å². The second-order valence-corrected chi connectivity index (χ2v) is 5.36. The van der Waals surface area contributed by atoms with Gasteiger partial charge in [0.1, 0.15) is 11.3 Å². The Morgan fingerprint density at radius 1 is 1.33 bits per heavy atom. The molecule has 0 aliphatic carbocycles. The quantitative estimate of drug-likeness (QED) is 0.577. The molecule has 0 fully saturated rings. The summed E-state index contributed by atoms with van der Waals surface area (Å²) in [5.74, 6) is -0.858. The number of carbonyl (C=O) groups excluding carboxylic acids is 2. The maximum atomic E-state index is 12.0. The van der Waals surface area contributed by atoms with Crippen LogP contribution in [0, 0.1) is 6.92 Å². The molecule has 2 aromatic rings. The minimum atomic E-state index is -1.15. The van der Waals surface area contributed by atoms with E-state index in [1.807, 2.05) is 0 Å². The number of benzene rings is 1. The summed E-state index contributed by atoms with van der Waals surface area (Å²) in [5, 5.41) is 13.6. The van der Waals surface area contributed by atoms with E-state index >= 15 is 0 Å². The van der Waals surface area contributed by atoms with Crippen LogP contribution in [-0.4, -0.2) is 25.5 Å². The highest BCUT2D eigenvalue weighted by Crippen LogP contribution is 2.28. The van der Waals surface area contributed by atoms with Crippen LogP contribution in [0.25, 0.3) is 11.0 Å². The van der Waals surface area contributed by atoms with Crippen LogP contribution in [-0.2, 0) is 16.0 Å². The smallest absolute Gasteiger partial charge is 0.336 e. The Labute approximate surface area is 138 Å². The molecule has 1 aromatic heterocycles. The van der Waals surface area contributed by atoms with E-state index in [0.29, 0.717) is 34.3 Å². The van der Waals surface area contributed by atoms with Gasteiger partial charge in [0.15, 0.2) is 0 Å². The zero-order chi connectivity index (χ0) is 17.7. The van der Waals surface area contributed by atoms with Crippen LogP contribution in [0.15, 0.2) is 27.4 Å². The Balaban J connectivity index is 2.20. The summed E-state index contributed by atoms with van der Waals surface area (Å²) < 4.78 is 10.4. The van der Waals surface area contributed by atoms with Crippen LogP contribution in [0.2, 0.25) is 0 Å².